The van der Waals surface area contributed by atoms with Gasteiger partial charge in [0.05, 0.1) is 5.69 Å². The number of aryl methyl sites for hydroxylation is 2. The van der Waals surface area contributed by atoms with Crippen molar-refractivity contribution in [2.45, 2.75) is 50.8 Å². The zero-order valence-electron chi connectivity index (χ0n) is 16.2. The summed E-state index contributed by atoms with van der Waals surface area (Å²) in [5.74, 6) is 0. The van der Waals surface area contributed by atoms with Crippen LogP contribution in [0, 0.1) is 13.8 Å². The Kier molecular flexibility index (Phi) is 5.59. The van der Waals surface area contributed by atoms with Gasteiger partial charge in [0.25, 0.3) is 0 Å². The second-order valence-electron chi connectivity index (χ2n) is 7.69. The van der Waals surface area contributed by atoms with Gasteiger partial charge >= 0.3 is 0 Å². The third-order valence-electron chi connectivity index (χ3n) is 4.40. The van der Waals surface area contributed by atoms with Crippen molar-refractivity contribution >= 4 is 32.7 Å². The summed E-state index contributed by atoms with van der Waals surface area (Å²) in [4.78, 5) is 4.67. The van der Waals surface area contributed by atoms with Crippen LogP contribution in [-0.2, 0) is 22.0 Å². The van der Waals surface area contributed by atoms with Crippen molar-refractivity contribution in [3.8, 4) is 10.6 Å². The van der Waals surface area contributed by atoms with E-state index in [1.807, 2.05) is 42.8 Å². The summed E-state index contributed by atoms with van der Waals surface area (Å²) in [5.41, 5.74) is 5.16. The number of nitrogens with one attached hydrogen (secondary N) is 1. The van der Waals surface area contributed by atoms with Gasteiger partial charge in [-0.2, -0.15) is 0 Å². The SMILES string of the molecule is Cc1ccc(CNS(=O)(=O)c2cc(-c3nc(C(C)(C)C)cs3)cs2)cc1C. The lowest BCUT2D eigenvalue weighted by atomic mass is 9.93. The molecule has 4 nitrogen and oxygen atoms in total. The molecule has 2 heterocycles. The molecule has 3 aromatic rings. The molecule has 0 aliphatic heterocycles. The van der Waals surface area contributed by atoms with Gasteiger partial charge in [-0.3, -0.25) is 0 Å². The van der Waals surface area contributed by atoms with Gasteiger partial charge in [0.1, 0.15) is 9.22 Å². The predicted molar refractivity (Wildman–Crippen MR) is 114 cm³/mol. The Labute approximate surface area is 169 Å². The first-order valence-electron chi connectivity index (χ1n) is 8.67. The third-order valence-corrected chi connectivity index (χ3v) is 8.13. The van der Waals surface area contributed by atoms with Crippen molar-refractivity contribution in [3.63, 3.8) is 0 Å². The number of sulfonamides is 1. The highest BCUT2D eigenvalue weighted by molar-refractivity contribution is 7.91. The number of benzene rings is 1. The first kappa shape index (κ1) is 20.2. The number of nitrogens with zero attached hydrogens (tertiary/aromatic N) is 1. The zero-order valence-corrected chi connectivity index (χ0v) is 18.6. The molecule has 0 bridgehead atoms. The highest BCUT2D eigenvalue weighted by atomic mass is 32.2. The van der Waals surface area contributed by atoms with Gasteiger partial charge in [-0.1, -0.05) is 39.0 Å². The average molecular weight is 421 g/mol. The van der Waals surface area contributed by atoms with Crippen molar-refractivity contribution in [1.29, 1.82) is 0 Å². The molecule has 2 aromatic heterocycles. The van der Waals surface area contributed by atoms with E-state index in [1.165, 1.54) is 16.9 Å². The fourth-order valence-corrected chi connectivity index (χ4v) is 5.82. The molecule has 0 unspecified atom stereocenters. The van der Waals surface area contributed by atoms with Crippen LogP contribution < -0.4 is 4.72 Å². The van der Waals surface area contributed by atoms with Gasteiger partial charge in [0, 0.05) is 28.3 Å². The zero-order chi connectivity index (χ0) is 19.8. The minimum absolute atomic E-state index is 0.0204. The van der Waals surface area contributed by atoms with Gasteiger partial charge in [0.15, 0.2) is 0 Å². The molecule has 0 atom stereocenters. The van der Waals surface area contributed by atoms with E-state index in [9.17, 15) is 8.42 Å². The Morgan fingerprint density at radius 2 is 1.78 bits per heavy atom. The van der Waals surface area contributed by atoms with Gasteiger partial charge in [-0.25, -0.2) is 18.1 Å². The molecule has 1 N–H and O–H groups in total. The van der Waals surface area contributed by atoms with Crippen LogP contribution >= 0.6 is 22.7 Å². The third kappa shape index (κ3) is 4.66. The molecule has 0 amide bonds. The molecule has 3 rings (SSSR count). The van der Waals surface area contributed by atoms with Crippen molar-refractivity contribution in [2.24, 2.45) is 0 Å². The van der Waals surface area contributed by atoms with E-state index in [-0.39, 0.29) is 12.0 Å². The summed E-state index contributed by atoms with van der Waals surface area (Å²) in [7, 11) is -3.54. The van der Waals surface area contributed by atoms with E-state index in [0.29, 0.717) is 4.21 Å². The lowest BCUT2D eigenvalue weighted by Gasteiger charge is -2.14. The number of rotatable bonds is 5. The second kappa shape index (κ2) is 7.47. The van der Waals surface area contributed by atoms with Crippen LogP contribution in [0.15, 0.2) is 39.2 Å². The summed E-state index contributed by atoms with van der Waals surface area (Å²) < 4.78 is 28.3. The van der Waals surface area contributed by atoms with E-state index < -0.39 is 10.0 Å². The minimum Gasteiger partial charge on any atom is -0.241 e. The predicted octanol–water partition coefficient (Wildman–Crippen LogP) is 5.26. The molecule has 0 saturated heterocycles. The Hall–Kier alpha value is -1.54. The maximum Gasteiger partial charge on any atom is 0.250 e. The van der Waals surface area contributed by atoms with Gasteiger partial charge in [0.2, 0.25) is 10.0 Å². The lowest BCUT2D eigenvalue weighted by molar-refractivity contribution is 0.573. The quantitative estimate of drug-likeness (QED) is 0.612. The molecule has 0 saturated carbocycles. The fraction of sp³-hybridized carbons (Fsp3) is 0.350. The first-order valence-corrected chi connectivity index (χ1v) is 11.9. The summed E-state index contributed by atoms with van der Waals surface area (Å²) in [6.45, 7) is 10.7. The normalized spacial score (nSPS) is 12.5. The summed E-state index contributed by atoms with van der Waals surface area (Å²) in [5, 5.41) is 4.75. The van der Waals surface area contributed by atoms with Crippen LogP contribution in [0.25, 0.3) is 10.6 Å². The molecule has 0 radical (unpaired) electrons. The molecule has 0 aliphatic carbocycles. The van der Waals surface area contributed by atoms with Gasteiger partial charge in [-0.15, -0.1) is 22.7 Å². The summed E-state index contributed by atoms with van der Waals surface area (Å²) >= 11 is 2.77. The molecule has 27 heavy (non-hydrogen) atoms. The van der Waals surface area contributed by atoms with E-state index in [4.69, 9.17) is 0 Å². The second-order valence-corrected chi connectivity index (χ2v) is 11.4. The largest absolute Gasteiger partial charge is 0.250 e. The summed E-state index contributed by atoms with van der Waals surface area (Å²) in [6.07, 6.45) is 0. The van der Waals surface area contributed by atoms with Crippen LogP contribution in [0.1, 0.15) is 43.2 Å². The standard InChI is InChI=1S/C20H24N2O2S3/c1-13-6-7-15(8-14(13)2)10-21-27(23,24)18-9-16(11-25-18)19-22-17(12-26-19)20(3,4)5/h6-9,11-12,21H,10H2,1-5H3. The first-order chi connectivity index (χ1) is 12.6. The van der Waals surface area contributed by atoms with Crippen molar-refractivity contribution < 1.29 is 8.42 Å². The minimum atomic E-state index is -3.54. The monoisotopic (exact) mass is 420 g/mol. The Morgan fingerprint density at radius 3 is 2.41 bits per heavy atom. The van der Waals surface area contributed by atoms with E-state index >= 15 is 0 Å². The van der Waals surface area contributed by atoms with E-state index in [1.54, 1.807) is 17.4 Å². The number of thiazole rings is 1. The van der Waals surface area contributed by atoms with Gasteiger partial charge in [-0.05, 0) is 36.6 Å². The maximum absolute atomic E-state index is 12.6. The molecule has 0 spiro atoms. The number of thiophene rings is 1. The smallest absolute Gasteiger partial charge is 0.241 e. The van der Waals surface area contributed by atoms with Crippen LogP contribution in [0.2, 0.25) is 0 Å². The van der Waals surface area contributed by atoms with E-state index in [2.05, 4.69) is 30.5 Å². The average Bonchev–Trinajstić information content (AvgIpc) is 3.24. The highest BCUT2D eigenvalue weighted by Gasteiger charge is 2.21. The number of aromatic nitrogens is 1. The molecule has 7 heteroatoms. The van der Waals surface area contributed by atoms with Crippen LogP contribution in [0.3, 0.4) is 0 Å². The highest BCUT2D eigenvalue weighted by Crippen LogP contribution is 2.33. The van der Waals surface area contributed by atoms with Crippen molar-refractivity contribution in [1.82, 2.24) is 9.71 Å². The fourth-order valence-electron chi connectivity index (χ4n) is 2.48. The number of hydrogen-bond acceptors (Lipinski definition) is 5. The Bertz CT molecular complexity index is 1060. The Balaban J connectivity index is 1.76. The topological polar surface area (TPSA) is 59.1 Å². The van der Waals surface area contributed by atoms with Crippen LogP contribution in [-0.4, -0.2) is 13.4 Å². The maximum atomic E-state index is 12.6. The number of hydrogen-bond donors (Lipinski definition) is 1. The molecule has 0 aliphatic rings. The van der Waals surface area contributed by atoms with Crippen LogP contribution in [0.5, 0.6) is 0 Å². The van der Waals surface area contributed by atoms with E-state index in [0.717, 1.165) is 27.4 Å². The molecule has 1 aromatic carbocycles. The van der Waals surface area contributed by atoms with Crippen molar-refractivity contribution in [2.75, 3.05) is 0 Å². The Morgan fingerprint density at radius 1 is 1.04 bits per heavy atom. The van der Waals surface area contributed by atoms with Crippen molar-refractivity contribution in [3.05, 3.63) is 57.4 Å². The molecule has 144 valence electrons. The van der Waals surface area contributed by atoms with Gasteiger partial charge < -0.3 is 0 Å². The van der Waals surface area contributed by atoms with Crippen LogP contribution in [0.4, 0.5) is 0 Å². The molecule has 0 fully saturated rings. The molecular weight excluding hydrogens is 396 g/mol. The lowest BCUT2D eigenvalue weighted by Crippen LogP contribution is -2.22. The summed E-state index contributed by atoms with van der Waals surface area (Å²) in [6, 6.07) is 7.69. The molecular formula is C20H24N2O2S3.